The monoisotopic (exact) mass is 290 g/mol. The van der Waals surface area contributed by atoms with Crippen LogP contribution in [0.5, 0.6) is 0 Å². The molecule has 1 N–H and O–H groups in total. The lowest BCUT2D eigenvalue weighted by atomic mass is 10.1. The Hall–Kier alpha value is -1.43. The molecule has 2 aliphatic rings. The average molecular weight is 290 g/mol. The van der Waals surface area contributed by atoms with Crippen LogP contribution in [0.15, 0.2) is 30.3 Å². The van der Waals surface area contributed by atoms with E-state index in [0.717, 1.165) is 38.2 Å². The first-order valence-corrected chi connectivity index (χ1v) is 7.60. The summed E-state index contributed by atoms with van der Waals surface area (Å²) < 4.78 is 5.03. The number of carbonyl (C=O) groups is 1. The van der Waals surface area contributed by atoms with Crippen LogP contribution < -0.4 is 0 Å². The number of hydrogen-bond acceptors (Lipinski definition) is 5. The molecule has 0 radical (unpaired) electrons. The van der Waals surface area contributed by atoms with Gasteiger partial charge in [0.25, 0.3) is 0 Å². The second-order valence-electron chi connectivity index (χ2n) is 5.74. The Morgan fingerprint density at radius 2 is 1.90 bits per heavy atom. The average Bonchev–Trinajstić information content (AvgIpc) is 2.95. The van der Waals surface area contributed by atoms with Crippen molar-refractivity contribution >= 4 is 5.97 Å². The molecule has 0 aliphatic carbocycles. The normalized spacial score (nSPS) is 25.8. The standard InChI is InChI=1S/C16H22N2O3/c19-15(13-4-2-1-3-5-13)12-17-7-9-18(10-8-17)14-6-11-21-16(14)20/h1-5,14-15,19H,6-12H2/t14-,15+/m0/s1. The number of hydrogen-bond donors (Lipinski definition) is 1. The lowest BCUT2D eigenvalue weighted by Gasteiger charge is -2.37. The minimum atomic E-state index is -0.450. The summed E-state index contributed by atoms with van der Waals surface area (Å²) in [6, 6.07) is 9.71. The van der Waals surface area contributed by atoms with E-state index in [9.17, 15) is 9.90 Å². The van der Waals surface area contributed by atoms with Crippen molar-refractivity contribution in [2.24, 2.45) is 0 Å². The van der Waals surface area contributed by atoms with Crippen LogP contribution in [0.1, 0.15) is 18.1 Å². The highest BCUT2D eigenvalue weighted by molar-refractivity contribution is 5.77. The van der Waals surface area contributed by atoms with Gasteiger partial charge in [0.1, 0.15) is 6.04 Å². The molecule has 2 fully saturated rings. The smallest absolute Gasteiger partial charge is 0.323 e. The molecule has 114 valence electrons. The molecule has 1 aromatic carbocycles. The lowest BCUT2D eigenvalue weighted by molar-refractivity contribution is -0.142. The Balaban J connectivity index is 1.48. The number of β-amino-alcohol motifs (C(OH)–C–C–N with tert-alkyl or cyclic N) is 1. The third-order valence-corrected chi connectivity index (χ3v) is 4.37. The van der Waals surface area contributed by atoms with E-state index in [2.05, 4.69) is 9.80 Å². The summed E-state index contributed by atoms with van der Waals surface area (Å²) in [4.78, 5) is 16.1. The molecule has 2 saturated heterocycles. The highest BCUT2D eigenvalue weighted by Crippen LogP contribution is 2.18. The van der Waals surface area contributed by atoms with Crippen molar-refractivity contribution in [2.75, 3.05) is 39.3 Å². The number of nitrogens with zero attached hydrogens (tertiary/aromatic N) is 2. The van der Waals surface area contributed by atoms with Crippen molar-refractivity contribution in [3.05, 3.63) is 35.9 Å². The van der Waals surface area contributed by atoms with Crippen LogP contribution in [0.2, 0.25) is 0 Å². The summed E-state index contributed by atoms with van der Waals surface area (Å²) in [5.41, 5.74) is 0.958. The summed E-state index contributed by atoms with van der Waals surface area (Å²) in [7, 11) is 0. The zero-order valence-corrected chi connectivity index (χ0v) is 12.1. The first-order chi connectivity index (χ1) is 10.2. The van der Waals surface area contributed by atoms with Gasteiger partial charge in [0.15, 0.2) is 0 Å². The Kier molecular flexibility index (Phi) is 4.53. The SMILES string of the molecule is O=C1OCC[C@@H]1N1CCN(C[C@@H](O)c2ccccc2)CC1. The van der Waals surface area contributed by atoms with Crippen LogP contribution in [0, 0.1) is 0 Å². The number of ether oxygens (including phenoxy) is 1. The molecule has 0 spiro atoms. The molecule has 1 aromatic rings. The molecule has 0 unspecified atom stereocenters. The van der Waals surface area contributed by atoms with Crippen LogP contribution in [-0.2, 0) is 9.53 Å². The maximum atomic E-state index is 11.6. The molecule has 0 saturated carbocycles. The molecular formula is C16H22N2O3. The molecule has 2 heterocycles. The maximum Gasteiger partial charge on any atom is 0.323 e. The second-order valence-corrected chi connectivity index (χ2v) is 5.74. The van der Waals surface area contributed by atoms with Gasteiger partial charge in [-0.05, 0) is 5.56 Å². The van der Waals surface area contributed by atoms with Gasteiger partial charge in [-0.1, -0.05) is 30.3 Å². The summed E-state index contributed by atoms with van der Waals surface area (Å²) in [5, 5.41) is 10.3. The molecule has 0 aromatic heterocycles. The third kappa shape index (κ3) is 3.43. The third-order valence-electron chi connectivity index (χ3n) is 4.37. The summed E-state index contributed by atoms with van der Waals surface area (Å²) in [5.74, 6) is -0.0761. The lowest BCUT2D eigenvalue weighted by Crippen LogP contribution is -2.52. The fraction of sp³-hybridized carbons (Fsp3) is 0.562. The van der Waals surface area contributed by atoms with Crippen molar-refractivity contribution in [1.29, 1.82) is 0 Å². The van der Waals surface area contributed by atoms with E-state index in [4.69, 9.17) is 4.74 Å². The van der Waals surface area contributed by atoms with Crippen LogP contribution in [-0.4, -0.2) is 66.2 Å². The van der Waals surface area contributed by atoms with Gasteiger partial charge in [-0.3, -0.25) is 14.6 Å². The number of esters is 1. The van der Waals surface area contributed by atoms with Crippen molar-refractivity contribution in [3.63, 3.8) is 0 Å². The van der Waals surface area contributed by atoms with Gasteiger partial charge in [-0.15, -0.1) is 0 Å². The van der Waals surface area contributed by atoms with Gasteiger partial charge in [0.05, 0.1) is 12.7 Å². The van der Waals surface area contributed by atoms with E-state index >= 15 is 0 Å². The molecule has 5 heteroatoms. The Morgan fingerprint density at radius 1 is 1.19 bits per heavy atom. The molecule has 21 heavy (non-hydrogen) atoms. The number of aliphatic hydroxyl groups is 1. The Bertz CT molecular complexity index is 472. The zero-order chi connectivity index (χ0) is 14.7. The van der Waals surface area contributed by atoms with E-state index in [1.165, 1.54) is 0 Å². The van der Waals surface area contributed by atoms with Crippen LogP contribution in [0.25, 0.3) is 0 Å². The van der Waals surface area contributed by atoms with Gasteiger partial charge >= 0.3 is 5.97 Å². The van der Waals surface area contributed by atoms with Crippen LogP contribution >= 0.6 is 0 Å². The van der Waals surface area contributed by atoms with E-state index in [-0.39, 0.29) is 12.0 Å². The van der Waals surface area contributed by atoms with Crippen molar-refractivity contribution < 1.29 is 14.6 Å². The van der Waals surface area contributed by atoms with E-state index in [1.54, 1.807) is 0 Å². The molecule has 3 rings (SSSR count). The first-order valence-electron chi connectivity index (χ1n) is 7.60. The predicted molar refractivity (Wildman–Crippen MR) is 78.8 cm³/mol. The fourth-order valence-corrected chi connectivity index (χ4v) is 3.10. The topological polar surface area (TPSA) is 53.0 Å². The minimum Gasteiger partial charge on any atom is -0.464 e. The number of rotatable bonds is 4. The highest BCUT2D eigenvalue weighted by atomic mass is 16.5. The van der Waals surface area contributed by atoms with E-state index in [1.807, 2.05) is 30.3 Å². The Morgan fingerprint density at radius 3 is 2.52 bits per heavy atom. The molecule has 2 atom stereocenters. The second kappa shape index (κ2) is 6.56. The molecule has 0 amide bonds. The Labute approximate surface area is 125 Å². The van der Waals surface area contributed by atoms with Gasteiger partial charge in [-0.2, -0.15) is 0 Å². The van der Waals surface area contributed by atoms with Gasteiger partial charge in [0, 0.05) is 39.1 Å². The van der Waals surface area contributed by atoms with Crippen LogP contribution in [0.4, 0.5) is 0 Å². The summed E-state index contributed by atoms with van der Waals surface area (Å²) in [6.07, 6.45) is 0.361. The molecule has 0 bridgehead atoms. The number of aliphatic hydroxyl groups excluding tert-OH is 1. The zero-order valence-electron chi connectivity index (χ0n) is 12.1. The summed E-state index contributed by atoms with van der Waals surface area (Å²) in [6.45, 7) is 4.69. The predicted octanol–water partition coefficient (Wildman–Crippen LogP) is 0.653. The van der Waals surface area contributed by atoms with E-state index in [0.29, 0.717) is 13.2 Å². The fourth-order valence-electron chi connectivity index (χ4n) is 3.10. The molecule has 5 nitrogen and oxygen atoms in total. The first kappa shape index (κ1) is 14.5. The minimum absolute atomic E-state index is 0.0498. The quantitative estimate of drug-likeness (QED) is 0.825. The van der Waals surface area contributed by atoms with Gasteiger partial charge in [0.2, 0.25) is 0 Å². The largest absolute Gasteiger partial charge is 0.464 e. The van der Waals surface area contributed by atoms with Gasteiger partial charge < -0.3 is 9.84 Å². The molecular weight excluding hydrogens is 268 g/mol. The summed E-state index contributed by atoms with van der Waals surface area (Å²) >= 11 is 0. The number of piperazine rings is 1. The van der Waals surface area contributed by atoms with Crippen molar-refractivity contribution in [1.82, 2.24) is 9.80 Å². The highest BCUT2D eigenvalue weighted by Gasteiger charge is 2.34. The number of benzene rings is 1. The maximum absolute atomic E-state index is 11.6. The number of cyclic esters (lactones) is 1. The molecule has 2 aliphatic heterocycles. The number of carbonyl (C=O) groups excluding carboxylic acids is 1. The van der Waals surface area contributed by atoms with Crippen LogP contribution in [0.3, 0.4) is 0 Å². The van der Waals surface area contributed by atoms with Crippen molar-refractivity contribution in [2.45, 2.75) is 18.6 Å². The van der Waals surface area contributed by atoms with Gasteiger partial charge in [-0.25, -0.2) is 0 Å². The van der Waals surface area contributed by atoms with Crippen molar-refractivity contribution in [3.8, 4) is 0 Å². The van der Waals surface area contributed by atoms with E-state index < -0.39 is 6.10 Å².